The SMILES string of the molecule is CNc1cc(C(=O)N2CCC(CC(=O)N(C)C)CC2)ccn1. The number of carbonyl (C=O) groups is 2. The van der Waals surface area contributed by atoms with Crippen molar-refractivity contribution in [3.63, 3.8) is 0 Å². The van der Waals surface area contributed by atoms with Gasteiger partial charge in [-0.2, -0.15) is 0 Å². The van der Waals surface area contributed by atoms with E-state index in [0.717, 1.165) is 12.8 Å². The number of aromatic nitrogens is 1. The van der Waals surface area contributed by atoms with Gasteiger partial charge in [0.2, 0.25) is 5.91 Å². The number of hydrogen-bond acceptors (Lipinski definition) is 4. The summed E-state index contributed by atoms with van der Waals surface area (Å²) >= 11 is 0. The van der Waals surface area contributed by atoms with E-state index < -0.39 is 0 Å². The molecule has 1 saturated heterocycles. The average Bonchev–Trinajstić information content (AvgIpc) is 2.54. The zero-order chi connectivity index (χ0) is 16.1. The number of anilines is 1. The molecule has 0 unspecified atom stereocenters. The summed E-state index contributed by atoms with van der Waals surface area (Å²) in [5.41, 5.74) is 0.655. The average molecular weight is 304 g/mol. The van der Waals surface area contributed by atoms with Gasteiger partial charge in [-0.3, -0.25) is 9.59 Å². The minimum atomic E-state index is 0.0382. The Balaban J connectivity index is 1.90. The molecule has 6 heteroatoms. The van der Waals surface area contributed by atoms with Crippen LogP contribution in [0.3, 0.4) is 0 Å². The van der Waals surface area contributed by atoms with E-state index in [9.17, 15) is 9.59 Å². The molecule has 6 nitrogen and oxygen atoms in total. The summed E-state index contributed by atoms with van der Waals surface area (Å²) < 4.78 is 0. The molecule has 2 heterocycles. The first-order valence-corrected chi connectivity index (χ1v) is 7.64. The van der Waals surface area contributed by atoms with Crippen LogP contribution >= 0.6 is 0 Å². The number of rotatable bonds is 4. The Bertz CT molecular complexity index is 537. The Kier molecular flexibility index (Phi) is 5.35. The van der Waals surface area contributed by atoms with Crippen LogP contribution in [0.2, 0.25) is 0 Å². The molecule has 0 aliphatic carbocycles. The molecule has 1 aliphatic heterocycles. The minimum absolute atomic E-state index is 0.0382. The van der Waals surface area contributed by atoms with Gasteiger partial charge in [0.25, 0.3) is 5.91 Å². The Labute approximate surface area is 131 Å². The summed E-state index contributed by atoms with van der Waals surface area (Å²) in [4.78, 5) is 31.9. The van der Waals surface area contributed by atoms with Gasteiger partial charge >= 0.3 is 0 Å². The summed E-state index contributed by atoms with van der Waals surface area (Å²) in [6.45, 7) is 1.42. The van der Waals surface area contributed by atoms with E-state index in [-0.39, 0.29) is 11.8 Å². The molecule has 0 bridgehead atoms. The smallest absolute Gasteiger partial charge is 0.254 e. The second-order valence-electron chi connectivity index (χ2n) is 5.91. The second kappa shape index (κ2) is 7.24. The number of piperidine rings is 1. The first-order chi connectivity index (χ1) is 10.5. The van der Waals surface area contributed by atoms with Crippen LogP contribution < -0.4 is 5.32 Å². The minimum Gasteiger partial charge on any atom is -0.373 e. The van der Waals surface area contributed by atoms with Crippen molar-refractivity contribution in [2.75, 3.05) is 39.5 Å². The molecule has 1 aliphatic rings. The highest BCUT2D eigenvalue weighted by molar-refractivity contribution is 5.94. The van der Waals surface area contributed by atoms with Crippen LogP contribution in [0.1, 0.15) is 29.6 Å². The zero-order valence-corrected chi connectivity index (χ0v) is 13.5. The Morgan fingerprint density at radius 3 is 2.64 bits per heavy atom. The number of nitrogens with zero attached hydrogens (tertiary/aromatic N) is 3. The lowest BCUT2D eigenvalue weighted by Gasteiger charge is -2.32. The molecule has 2 amide bonds. The first-order valence-electron chi connectivity index (χ1n) is 7.64. The predicted molar refractivity (Wildman–Crippen MR) is 85.7 cm³/mol. The molecule has 0 saturated carbocycles. The molecule has 0 radical (unpaired) electrons. The van der Waals surface area contributed by atoms with Crippen molar-refractivity contribution in [3.8, 4) is 0 Å². The molecule has 22 heavy (non-hydrogen) atoms. The topological polar surface area (TPSA) is 65.5 Å². The highest BCUT2D eigenvalue weighted by Gasteiger charge is 2.25. The fourth-order valence-corrected chi connectivity index (χ4v) is 2.65. The molecule has 1 aromatic heterocycles. The molecule has 0 aromatic carbocycles. The molecule has 1 aromatic rings. The normalized spacial score (nSPS) is 15.5. The van der Waals surface area contributed by atoms with Gasteiger partial charge in [0.05, 0.1) is 0 Å². The molecule has 0 atom stereocenters. The highest BCUT2D eigenvalue weighted by atomic mass is 16.2. The van der Waals surface area contributed by atoms with Gasteiger partial charge in [-0.15, -0.1) is 0 Å². The quantitative estimate of drug-likeness (QED) is 0.914. The molecule has 2 rings (SSSR count). The molecule has 1 fully saturated rings. The Morgan fingerprint density at radius 2 is 2.05 bits per heavy atom. The van der Waals surface area contributed by atoms with E-state index >= 15 is 0 Å². The zero-order valence-electron chi connectivity index (χ0n) is 13.5. The summed E-state index contributed by atoms with van der Waals surface area (Å²) in [6.07, 6.45) is 3.99. The second-order valence-corrected chi connectivity index (χ2v) is 5.91. The fraction of sp³-hybridized carbons (Fsp3) is 0.562. The van der Waals surface area contributed by atoms with E-state index in [1.54, 1.807) is 44.4 Å². The van der Waals surface area contributed by atoms with Gasteiger partial charge in [-0.05, 0) is 30.9 Å². The van der Waals surface area contributed by atoms with E-state index in [0.29, 0.717) is 36.8 Å². The fourth-order valence-electron chi connectivity index (χ4n) is 2.65. The molecular weight excluding hydrogens is 280 g/mol. The van der Waals surface area contributed by atoms with Gasteiger partial charge in [0.15, 0.2) is 0 Å². The number of nitrogens with one attached hydrogen (secondary N) is 1. The molecular formula is C16H24N4O2. The van der Waals surface area contributed by atoms with Crippen LogP contribution in [0.5, 0.6) is 0 Å². The van der Waals surface area contributed by atoms with Crippen LogP contribution in [0.15, 0.2) is 18.3 Å². The van der Waals surface area contributed by atoms with Gasteiger partial charge in [-0.25, -0.2) is 4.98 Å². The van der Waals surface area contributed by atoms with E-state index in [2.05, 4.69) is 10.3 Å². The van der Waals surface area contributed by atoms with E-state index in [4.69, 9.17) is 0 Å². The summed E-state index contributed by atoms with van der Waals surface area (Å²) in [5, 5.41) is 2.94. The predicted octanol–water partition coefficient (Wildman–Crippen LogP) is 1.45. The van der Waals surface area contributed by atoms with Crippen molar-refractivity contribution in [2.45, 2.75) is 19.3 Å². The first kappa shape index (κ1) is 16.3. The van der Waals surface area contributed by atoms with Crippen molar-refractivity contribution in [3.05, 3.63) is 23.9 Å². The van der Waals surface area contributed by atoms with Crippen molar-refractivity contribution < 1.29 is 9.59 Å². The van der Waals surface area contributed by atoms with Crippen LogP contribution in [-0.4, -0.2) is 60.8 Å². The Morgan fingerprint density at radius 1 is 1.36 bits per heavy atom. The number of pyridine rings is 1. The van der Waals surface area contributed by atoms with Crippen LogP contribution in [0.25, 0.3) is 0 Å². The number of amides is 2. The lowest BCUT2D eigenvalue weighted by atomic mass is 9.92. The van der Waals surface area contributed by atoms with Crippen LogP contribution in [0.4, 0.5) is 5.82 Å². The van der Waals surface area contributed by atoms with Crippen LogP contribution in [0, 0.1) is 5.92 Å². The largest absolute Gasteiger partial charge is 0.373 e. The number of hydrogen-bond donors (Lipinski definition) is 1. The summed E-state index contributed by atoms with van der Waals surface area (Å²) in [5.74, 6) is 1.27. The van der Waals surface area contributed by atoms with Crippen LogP contribution in [-0.2, 0) is 4.79 Å². The standard InChI is InChI=1S/C16H24N4O2/c1-17-14-11-13(4-7-18-14)16(22)20-8-5-12(6-9-20)10-15(21)19(2)3/h4,7,11-12H,5-6,8-10H2,1-3H3,(H,17,18). The molecule has 1 N–H and O–H groups in total. The third kappa shape index (κ3) is 3.96. The van der Waals surface area contributed by atoms with Gasteiger partial charge < -0.3 is 15.1 Å². The van der Waals surface area contributed by atoms with Gasteiger partial charge in [0, 0.05) is 52.4 Å². The maximum Gasteiger partial charge on any atom is 0.254 e. The summed E-state index contributed by atoms with van der Waals surface area (Å²) in [6, 6.07) is 3.51. The number of likely N-dealkylation sites (tertiary alicyclic amines) is 1. The third-order valence-electron chi connectivity index (χ3n) is 4.13. The monoisotopic (exact) mass is 304 g/mol. The molecule has 120 valence electrons. The molecule has 0 spiro atoms. The highest BCUT2D eigenvalue weighted by Crippen LogP contribution is 2.22. The van der Waals surface area contributed by atoms with Gasteiger partial charge in [0.1, 0.15) is 5.82 Å². The third-order valence-corrected chi connectivity index (χ3v) is 4.13. The van der Waals surface area contributed by atoms with Crippen molar-refractivity contribution in [1.29, 1.82) is 0 Å². The van der Waals surface area contributed by atoms with Crippen molar-refractivity contribution in [2.24, 2.45) is 5.92 Å². The number of carbonyl (C=O) groups excluding carboxylic acids is 2. The maximum absolute atomic E-state index is 12.5. The van der Waals surface area contributed by atoms with Crippen molar-refractivity contribution >= 4 is 17.6 Å². The lowest BCUT2D eigenvalue weighted by Crippen LogP contribution is -2.39. The van der Waals surface area contributed by atoms with Gasteiger partial charge in [-0.1, -0.05) is 0 Å². The van der Waals surface area contributed by atoms with E-state index in [1.807, 2.05) is 4.90 Å². The maximum atomic E-state index is 12.5. The van der Waals surface area contributed by atoms with E-state index in [1.165, 1.54) is 0 Å². The Hall–Kier alpha value is -2.11. The summed E-state index contributed by atoms with van der Waals surface area (Å²) in [7, 11) is 5.34. The van der Waals surface area contributed by atoms with Crippen molar-refractivity contribution in [1.82, 2.24) is 14.8 Å². The lowest BCUT2D eigenvalue weighted by molar-refractivity contribution is -0.129.